The van der Waals surface area contributed by atoms with Gasteiger partial charge in [0.2, 0.25) is 0 Å². The van der Waals surface area contributed by atoms with Crippen LogP contribution >= 0.6 is 0 Å². The van der Waals surface area contributed by atoms with Crippen LogP contribution in [0.1, 0.15) is 60.2 Å². The molecule has 1 heterocycles. The van der Waals surface area contributed by atoms with E-state index in [9.17, 15) is 4.79 Å². The van der Waals surface area contributed by atoms with Gasteiger partial charge < -0.3 is 19.2 Å². The number of rotatable bonds is 9. The zero-order valence-electron chi connectivity index (χ0n) is 19.0. The molecule has 0 aliphatic carbocycles. The van der Waals surface area contributed by atoms with E-state index >= 15 is 0 Å². The van der Waals surface area contributed by atoms with Crippen molar-refractivity contribution in [3.8, 4) is 11.5 Å². The van der Waals surface area contributed by atoms with Crippen LogP contribution in [0.4, 0.5) is 0 Å². The van der Waals surface area contributed by atoms with Gasteiger partial charge in [-0.15, -0.1) is 0 Å². The fraction of sp³-hybridized carbons (Fsp3) is 0.346. The molecular formula is C26H31NO4. The third kappa shape index (κ3) is 5.29. The molecule has 2 aromatic carbocycles. The third-order valence-electron chi connectivity index (χ3n) is 5.83. The first-order valence-electron chi connectivity index (χ1n) is 10.5. The fourth-order valence-electron chi connectivity index (χ4n) is 3.44. The zero-order chi connectivity index (χ0) is 22.4. The second-order valence-corrected chi connectivity index (χ2v) is 8.20. The molecule has 3 aromatic rings. The Labute approximate surface area is 184 Å². The van der Waals surface area contributed by atoms with Gasteiger partial charge >= 0.3 is 0 Å². The van der Waals surface area contributed by atoms with Crippen LogP contribution in [0.3, 0.4) is 0 Å². The van der Waals surface area contributed by atoms with Gasteiger partial charge in [0.1, 0.15) is 17.3 Å². The van der Waals surface area contributed by atoms with Crippen molar-refractivity contribution < 1.29 is 18.7 Å². The average Bonchev–Trinajstić information content (AvgIpc) is 3.26. The van der Waals surface area contributed by atoms with E-state index in [0.29, 0.717) is 18.7 Å². The van der Waals surface area contributed by atoms with Gasteiger partial charge in [-0.3, -0.25) is 4.79 Å². The number of para-hydroxylation sites is 1. The van der Waals surface area contributed by atoms with Crippen LogP contribution in [0.5, 0.6) is 11.5 Å². The molecule has 1 amide bonds. The molecule has 31 heavy (non-hydrogen) atoms. The highest BCUT2D eigenvalue weighted by Crippen LogP contribution is 2.32. The Balaban J connectivity index is 1.72. The number of ether oxygens (including phenoxy) is 2. The first kappa shape index (κ1) is 22.5. The summed E-state index contributed by atoms with van der Waals surface area (Å²) in [6.07, 6.45) is 1.59. The average molecular weight is 422 g/mol. The number of methoxy groups -OCH3 is 2. The van der Waals surface area contributed by atoms with E-state index in [4.69, 9.17) is 13.9 Å². The van der Waals surface area contributed by atoms with E-state index in [1.807, 2.05) is 36.4 Å². The number of hydrogen-bond donors (Lipinski definition) is 1. The normalized spacial score (nSPS) is 11.3. The van der Waals surface area contributed by atoms with Crippen molar-refractivity contribution in [3.05, 3.63) is 82.8 Å². The summed E-state index contributed by atoms with van der Waals surface area (Å²) in [6.45, 7) is 7.01. The second-order valence-electron chi connectivity index (χ2n) is 8.20. The van der Waals surface area contributed by atoms with Crippen LogP contribution in [-0.4, -0.2) is 20.1 Å². The Morgan fingerprint density at radius 2 is 1.68 bits per heavy atom. The number of amides is 1. The molecule has 0 fully saturated rings. The highest BCUT2D eigenvalue weighted by Gasteiger charge is 2.20. The monoisotopic (exact) mass is 421 g/mol. The van der Waals surface area contributed by atoms with E-state index in [0.717, 1.165) is 29.0 Å². The van der Waals surface area contributed by atoms with Crippen molar-refractivity contribution in [2.45, 2.75) is 45.6 Å². The van der Waals surface area contributed by atoms with Gasteiger partial charge in [0.05, 0.1) is 14.2 Å². The van der Waals surface area contributed by atoms with E-state index in [-0.39, 0.29) is 17.1 Å². The Kier molecular flexibility index (Phi) is 7.06. The lowest BCUT2D eigenvalue weighted by atomic mass is 9.81. The molecule has 3 rings (SSSR count). The van der Waals surface area contributed by atoms with Crippen LogP contribution < -0.4 is 14.8 Å². The Morgan fingerprint density at radius 3 is 2.39 bits per heavy atom. The minimum Gasteiger partial charge on any atom is -0.496 e. The smallest absolute Gasteiger partial charge is 0.287 e. The Bertz CT molecular complexity index is 1040. The largest absolute Gasteiger partial charge is 0.496 e. The molecule has 0 radical (unpaired) electrons. The summed E-state index contributed by atoms with van der Waals surface area (Å²) < 4.78 is 16.7. The highest BCUT2D eigenvalue weighted by atomic mass is 16.5. The first-order valence-corrected chi connectivity index (χ1v) is 10.5. The summed E-state index contributed by atoms with van der Waals surface area (Å²) in [5, 5.41) is 2.89. The van der Waals surface area contributed by atoms with Gasteiger partial charge in [-0.1, -0.05) is 51.1 Å². The minimum atomic E-state index is -0.259. The summed E-state index contributed by atoms with van der Waals surface area (Å²) in [5.74, 6) is 2.30. The van der Waals surface area contributed by atoms with E-state index in [2.05, 4.69) is 38.2 Å². The zero-order valence-corrected chi connectivity index (χ0v) is 19.0. The molecule has 5 heteroatoms. The van der Waals surface area contributed by atoms with Gasteiger partial charge in [0.25, 0.3) is 5.91 Å². The van der Waals surface area contributed by atoms with Crippen molar-refractivity contribution in [3.63, 3.8) is 0 Å². The molecule has 0 aliphatic rings. The molecule has 0 saturated carbocycles. The van der Waals surface area contributed by atoms with Crippen LogP contribution in [0, 0.1) is 0 Å². The Hall–Kier alpha value is -3.21. The molecule has 0 spiro atoms. The van der Waals surface area contributed by atoms with Crippen molar-refractivity contribution in [2.75, 3.05) is 14.2 Å². The first-order chi connectivity index (χ1) is 14.9. The molecule has 5 nitrogen and oxygen atoms in total. The predicted molar refractivity (Wildman–Crippen MR) is 122 cm³/mol. The van der Waals surface area contributed by atoms with Gasteiger partial charge in [0.15, 0.2) is 5.76 Å². The van der Waals surface area contributed by atoms with Crippen LogP contribution in [-0.2, 0) is 18.4 Å². The lowest BCUT2D eigenvalue weighted by Gasteiger charge is -2.24. The highest BCUT2D eigenvalue weighted by molar-refractivity contribution is 5.91. The van der Waals surface area contributed by atoms with Gasteiger partial charge in [-0.05, 0) is 41.7 Å². The van der Waals surface area contributed by atoms with E-state index in [1.54, 1.807) is 20.3 Å². The maximum atomic E-state index is 12.6. The second kappa shape index (κ2) is 9.73. The summed E-state index contributed by atoms with van der Waals surface area (Å²) in [7, 11) is 3.28. The fourth-order valence-corrected chi connectivity index (χ4v) is 3.44. The minimum absolute atomic E-state index is 0.0771. The molecule has 1 N–H and O–H groups in total. The number of carbonyl (C=O) groups is 1. The topological polar surface area (TPSA) is 60.7 Å². The maximum Gasteiger partial charge on any atom is 0.287 e. The predicted octanol–water partition coefficient (Wildman–Crippen LogP) is 5.51. The molecule has 164 valence electrons. The van der Waals surface area contributed by atoms with E-state index in [1.165, 1.54) is 5.56 Å². The van der Waals surface area contributed by atoms with Crippen molar-refractivity contribution in [1.82, 2.24) is 5.32 Å². The molecule has 0 unspecified atom stereocenters. The number of benzene rings is 2. The number of nitrogens with one attached hydrogen (secondary N) is 1. The number of furan rings is 1. The molecular weight excluding hydrogens is 390 g/mol. The van der Waals surface area contributed by atoms with Crippen LogP contribution in [0.15, 0.2) is 59.0 Å². The van der Waals surface area contributed by atoms with Gasteiger partial charge in [-0.25, -0.2) is 0 Å². The molecule has 0 aliphatic heterocycles. The summed E-state index contributed by atoms with van der Waals surface area (Å²) in [4.78, 5) is 12.6. The quantitative estimate of drug-likeness (QED) is 0.495. The molecule has 0 saturated heterocycles. The van der Waals surface area contributed by atoms with Crippen molar-refractivity contribution in [1.29, 1.82) is 0 Å². The SMILES string of the molecule is CCC(C)(C)c1ccc(OC)c(Cc2ccc(C(=O)NCc3ccccc3OC)o2)c1. The standard InChI is InChI=1S/C26H31NO4/c1-6-26(2,3)20-11-13-23(30-5)19(15-20)16-21-12-14-24(31-21)25(28)27-17-18-9-7-8-10-22(18)29-4/h7-15H,6,16-17H2,1-5H3,(H,27,28). The van der Waals surface area contributed by atoms with Crippen LogP contribution in [0.2, 0.25) is 0 Å². The van der Waals surface area contributed by atoms with Crippen molar-refractivity contribution in [2.24, 2.45) is 0 Å². The van der Waals surface area contributed by atoms with Crippen molar-refractivity contribution >= 4 is 5.91 Å². The number of carbonyl (C=O) groups excluding carboxylic acids is 1. The summed E-state index contributed by atoms with van der Waals surface area (Å²) in [6, 6.07) is 17.4. The van der Waals surface area contributed by atoms with Crippen LogP contribution in [0.25, 0.3) is 0 Å². The third-order valence-corrected chi connectivity index (χ3v) is 5.83. The maximum absolute atomic E-state index is 12.6. The van der Waals surface area contributed by atoms with E-state index < -0.39 is 0 Å². The van der Waals surface area contributed by atoms with Gasteiger partial charge in [0, 0.05) is 24.1 Å². The summed E-state index contributed by atoms with van der Waals surface area (Å²) in [5.41, 5.74) is 3.28. The number of hydrogen-bond acceptors (Lipinski definition) is 4. The summed E-state index contributed by atoms with van der Waals surface area (Å²) >= 11 is 0. The molecule has 0 atom stereocenters. The lowest BCUT2D eigenvalue weighted by Crippen LogP contribution is -2.22. The Morgan fingerprint density at radius 1 is 0.968 bits per heavy atom. The molecule has 1 aromatic heterocycles. The van der Waals surface area contributed by atoms with Gasteiger partial charge in [-0.2, -0.15) is 0 Å². The molecule has 0 bridgehead atoms. The lowest BCUT2D eigenvalue weighted by molar-refractivity contribution is 0.0921.